The van der Waals surface area contributed by atoms with E-state index in [0.717, 1.165) is 57.9 Å². The van der Waals surface area contributed by atoms with Gasteiger partial charge in [0.1, 0.15) is 5.82 Å². The largest absolute Gasteiger partial charge is 0.378 e. The van der Waals surface area contributed by atoms with Crippen molar-refractivity contribution in [1.82, 2.24) is 19.4 Å². The van der Waals surface area contributed by atoms with Crippen LogP contribution in [0.2, 0.25) is 0 Å². The van der Waals surface area contributed by atoms with Crippen molar-refractivity contribution in [3.8, 4) is 0 Å². The second kappa shape index (κ2) is 8.12. The first-order valence-corrected chi connectivity index (χ1v) is 9.29. The number of imidazole rings is 1. The van der Waals surface area contributed by atoms with Crippen LogP contribution in [0.15, 0.2) is 12.4 Å². The van der Waals surface area contributed by atoms with E-state index in [-0.39, 0.29) is 18.1 Å². The van der Waals surface area contributed by atoms with Crippen molar-refractivity contribution in [2.24, 2.45) is 7.05 Å². The van der Waals surface area contributed by atoms with Crippen LogP contribution in [0, 0.1) is 0 Å². The Balaban J connectivity index is 1.57. The molecule has 0 aliphatic carbocycles. The topological polar surface area (TPSA) is 50.6 Å². The van der Waals surface area contributed by atoms with Gasteiger partial charge in [-0.25, -0.2) is 4.98 Å². The van der Waals surface area contributed by atoms with Crippen LogP contribution in [0.25, 0.3) is 0 Å². The third-order valence-electron chi connectivity index (χ3n) is 5.36. The first-order chi connectivity index (χ1) is 11.7. The Morgan fingerprint density at radius 2 is 2.25 bits per heavy atom. The summed E-state index contributed by atoms with van der Waals surface area (Å²) in [6.45, 7) is 6.49. The smallest absolute Gasteiger partial charge is 0.222 e. The lowest BCUT2D eigenvalue weighted by Crippen LogP contribution is -2.51. The molecule has 0 bridgehead atoms. The van der Waals surface area contributed by atoms with E-state index >= 15 is 0 Å². The van der Waals surface area contributed by atoms with Gasteiger partial charge in [-0.15, -0.1) is 0 Å². The van der Waals surface area contributed by atoms with E-state index in [9.17, 15) is 4.79 Å². The fraction of sp³-hybridized carbons (Fsp3) is 0.778. The van der Waals surface area contributed by atoms with Crippen molar-refractivity contribution in [2.75, 3.05) is 32.8 Å². The van der Waals surface area contributed by atoms with E-state index in [1.165, 1.54) is 6.42 Å². The highest BCUT2D eigenvalue weighted by Gasteiger charge is 2.32. The van der Waals surface area contributed by atoms with Gasteiger partial charge in [0.05, 0.1) is 12.1 Å². The Morgan fingerprint density at radius 3 is 2.92 bits per heavy atom. The Kier molecular flexibility index (Phi) is 5.89. The molecule has 3 rings (SSSR count). The van der Waals surface area contributed by atoms with Gasteiger partial charge in [0.25, 0.3) is 0 Å². The zero-order chi connectivity index (χ0) is 16.9. The van der Waals surface area contributed by atoms with Crippen molar-refractivity contribution in [3.05, 3.63) is 18.2 Å². The van der Waals surface area contributed by atoms with Crippen LogP contribution < -0.4 is 0 Å². The number of nitrogens with zero attached hydrogens (tertiary/aromatic N) is 4. The molecule has 2 aliphatic heterocycles. The fourth-order valence-corrected chi connectivity index (χ4v) is 3.85. The quantitative estimate of drug-likeness (QED) is 0.826. The molecule has 1 aromatic rings. The number of hydrogen-bond acceptors (Lipinski definition) is 4. The summed E-state index contributed by atoms with van der Waals surface area (Å²) in [4.78, 5) is 21.6. The number of rotatable bonds is 5. The highest BCUT2D eigenvalue weighted by Crippen LogP contribution is 2.25. The summed E-state index contributed by atoms with van der Waals surface area (Å²) < 4.78 is 7.82. The van der Waals surface area contributed by atoms with Gasteiger partial charge in [-0.1, -0.05) is 6.92 Å². The highest BCUT2D eigenvalue weighted by molar-refractivity contribution is 5.76. The maximum atomic E-state index is 12.7. The molecule has 6 heteroatoms. The van der Waals surface area contributed by atoms with Gasteiger partial charge in [-0.3, -0.25) is 9.69 Å². The molecule has 6 nitrogen and oxygen atoms in total. The molecule has 134 valence electrons. The monoisotopic (exact) mass is 334 g/mol. The number of aryl methyl sites for hydroxylation is 1. The molecule has 3 heterocycles. The van der Waals surface area contributed by atoms with Gasteiger partial charge in [-0.2, -0.15) is 0 Å². The van der Waals surface area contributed by atoms with Crippen LogP contribution in [-0.2, 0) is 16.6 Å². The summed E-state index contributed by atoms with van der Waals surface area (Å²) in [5.41, 5.74) is 0. The van der Waals surface area contributed by atoms with Gasteiger partial charge in [-0.05, 0) is 32.2 Å². The van der Waals surface area contributed by atoms with Crippen molar-refractivity contribution in [1.29, 1.82) is 0 Å². The van der Waals surface area contributed by atoms with Crippen LogP contribution in [0.3, 0.4) is 0 Å². The summed E-state index contributed by atoms with van der Waals surface area (Å²) in [5.74, 6) is 1.31. The molecule has 2 saturated heterocycles. The average molecular weight is 334 g/mol. The first-order valence-electron chi connectivity index (χ1n) is 9.29. The zero-order valence-corrected chi connectivity index (χ0v) is 15.0. The number of likely N-dealkylation sites (N-methyl/N-ethyl adjacent to an activating group) is 1. The summed E-state index contributed by atoms with van der Waals surface area (Å²) in [6.07, 6.45) is 9.06. The van der Waals surface area contributed by atoms with Crippen molar-refractivity contribution >= 4 is 5.91 Å². The molecule has 24 heavy (non-hydrogen) atoms. The molecule has 0 aromatic carbocycles. The van der Waals surface area contributed by atoms with Crippen LogP contribution >= 0.6 is 0 Å². The van der Waals surface area contributed by atoms with E-state index in [1.54, 1.807) is 0 Å². The van der Waals surface area contributed by atoms with Crippen LogP contribution in [0.5, 0.6) is 0 Å². The second-order valence-electron chi connectivity index (χ2n) is 6.91. The Bertz CT molecular complexity index is 539. The lowest BCUT2D eigenvalue weighted by atomic mass is 10.0. The van der Waals surface area contributed by atoms with Gasteiger partial charge >= 0.3 is 0 Å². The van der Waals surface area contributed by atoms with Crippen LogP contribution in [0.4, 0.5) is 0 Å². The number of ether oxygens (including phenoxy) is 1. The summed E-state index contributed by atoms with van der Waals surface area (Å²) in [6, 6.07) is 0.193. The minimum Gasteiger partial charge on any atom is -0.378 e. The van der Waals surface area contributed by atoms with Gasteiger partial charge < -0.3 is 14.2 Å². The average Bonchev–Trinajstić information content (AvgIpc) is 3.05. The summed E-state index contributed by atoms with van der Waals surface area (Å²) >= 11 is 0. The van der Waals surface area contributed by atoms with Crippen LogP contribution in [-0.4, -0.2) is 64.1 Å². The molecular weight excluding hydrogens is 304 g/mol. The summed E-state index contributed by atoms with van der Waals surface area (Å²) in [5, 5.41) is 0. The maximum Gasteiger partial charge on any atom is 0.222 e. The van der Waals surface area contributed by atoms with E-state index in [2.05, 4.69) is 21.4 Å². The second-order valence-corrected chi connectivity index (χ2v) is 6.91. The Hall–Kier alpha value is -1.40. The zero-order valence-electron chi connectivity index (χ0n) is 15.0. The van der Waals surface area contributed by atoms with Crippen molar-refractivity contribution < 1.29 is 9.53 Å². The lowest BCUT2D eigenvalue weighted by Gasteiger charge is -2.40. The number of piperazine rings is 1. The van der Waals surface area contributed by atoms with Gasteiger partial charge in [0.2, 0.25) is 5.91 Å². The third kappa shape index (κ3) is 3.98. The van der Waals surface area contributed by atoms with E-state index < -0.39 is 0 Å². The minimum absolute atomic E-state index is 0.193. The minimum atomic E-state index is 0.193. The first kappa shape index (κ1) is 17.4. The molecule has 0 saturated carbocycles. The predicted octanol–water partition coefficient (Wildman–Crippen LogP) is 1.97. The molecular formula is C18H30N4O2. The normalized spacial score (nSPS) is 25.8. The molecule has 1 amide bonds. The predicted molar refractivity (Wildman–Crippen MR) is 92.6 cm³/mol. The molecule has 0 unspecified atom stereocenters. The van der Waals surface area contributed by atoms with Crippen molar-refractivity contribution in [3.63, 3.8) is 0 Å². The molecule has 0 radical (unpaired) electrons. The number of carbonyl (C=O) groups excluding carboxylic acids is 1. The number of carbonyl (C=O) groups is 1. The van der Waals surface area contributed by atoms with E-state index in [4.69, 9.17) is 4.74 Å². The lowest BCUT2D eigenvalue weighted by molar-refractivity contribution is -0.135. The van der Waals surface area contributed by atoms with Crippen molar-refractivity contribution in [2.45, 2.75) is 51.2 Å². The Morgan fingerprint density at radius 1 is 1.38 bits per heavy atom. The van der Waals surface area contributed by atoms with E-state index in [1.807, 2.05) is 24.3 Å². The number of aromatic nitrogens is 2. The molecule has 0 spiro atoms. The SMILES string of the molecule is CCN1CCN(C(=O)CC[C@H]2CCCCO2)C[C@@H]1c1nccn1C. The molecule has 2 fully saturated rings. The Labute approximate surface area is 144 Å². The molecule has 2 atom stereocenters. The standard InChI is InChI=1S/C18H30N4O2/c1-3-21-11-12-22(14-16(21)18-19-9-10-20(18)2)17(23)8-7-15-6-4-5-13-24-15/h9-10,15-16H,3-8,11-14H2,1-2H3/t15-,16-/m1/s1. The maximum absolute atomic E-state index is 12.7. The molecule has 0 N–H and O–H groups in total. The fourth-order valence-electron chi connectivity index (χ4n) is 3.85. The third-order valence-corrected chi connectivity index (χ3v) is 5.36. The molecule has 2 aliphatic rings. The highest BCUT2D eigenvalue weighted by atomic mass is 16.5. The number of hydrogen-bond donors (Lipinski definition) is 0. The summed E-state index contributed by atoms with van der Waals surface area (Å²) in [7, 11) is 2.03. The van der Waals surface area contributed by atoms with Crippen LogP contribution in [0.1, 0.15) is 50.9 Å². The van der Waals surface area contributed by atoms with Gasteiger partial charge in [0.15, 0.2) is 0 Å². The number of amides is 1. The van der Waals surface area contributed by atoms with Gasteiger partial charge in [0, 0.05) is 52.1 Å². The van der Waals surface area contributed by atoms with E-state index in [0.29, 0.717) is 6.42 Å². The molecule has 1 aromatic heterocycles.